The quantitative estimate of drug-likeness (QED) is 0.385. The molecule has 4 rings (SSSR count). The summed E-state index contributed by atoms with van der Waals surface area (Å²) in [6.45, 7) is 6.52. The molecule has 1 amide bonds. The van der Waals surface area contributed by atoms with Crippen LogP contribution >= 0.6 is 0 Å². The lowest BCUT2D eigenvalue weighted by Gasteiger charge is -2.26. The fourth-order valence-electron chi connectivity index (χ4n) is 4.47. The van der Waals surface area contributed by atoms with Crippen molar-refractivity contribution in [2.24, 2.45) is 0 Å². The Morgan fingerprint density at radius 3 is 1.95 bits per heavy atom. The zero-order valence-corrected chi connectivity index (χ0v) is 24.1. The van der Waals surface area contributed by atoms with Gasteiger partial charge in [-0.15, -0.1) is 0 Å². The van der Waals surface area contributed by atoms with E-state index >= 15 is 0 Å². The molecule has 0 radical (unpaired) electrons. The van der Waals surface area contributed by atoms with E-state index in [0.29, 0.717) is 24.5 Å². The van der Waals surface area contributed by atoms with E-state index in [1.807, 2.05) is 32.9 Å². The monoisotopic (exact) mass is 569 g/mol. The number of nitrogens with zero attached hydrogens (tertiary/aromatic N) is 2. The van der Waals surface area contributed by atoms with E-state index in [4.69, 9.17) is 0 Å². The topological polar surface area (TPSA) is 104 Å². The van der Waals surface area contributed by atoms with Crippen LogP contribution in [0.4, 0.5) is 11.4 Å². The first-order valence-electron chi connectivity index (χ1n) is 13.1. The summed E-state index contributed by atoms with van der Waals surface area (Å²) in [6.07, 6.45) is 2.71. The molecule has 3 aromatic rings. The number of rotatable bonds is 9. The molecule has 208 valence electrons. The Morgan fingerprint density at radius 2 is 1.38 bits per heavy atom. The van der Waals surface area contributed by atoms with Gasteiger partial charge in [0.25, 0.3) is 10.0 Å². The number of aryl methyl sites for hydroxylation is 1. The fourth-order valence-corrected chi connectivity index (χ4v) is 7.41. The van der Waals surface area contributed by atoms with E-state index in [0.717, 1.165) is 34.7 Å². The molecule has 1 aliphatic rings. The Balaban J connectivity index is 1.55. The van der Waals surface area contributed by atoms with Crippen LogP contribution in [0.3, 0.4) is 0 Å². The lowest BCUT2D eigenvalue weighted by molar-refractivity contribution is -0.114. The summed E-state index contributed by atoms with van der Waals surface area (Å²) in [5.41, 5.74) is 2.72. The van der Waals surface area contributed by atoms with Crippen molar-refractivity contribution in [3.63, 3.8) is 0 Å². The van der Waals surface area contributed by atoms with Gasteiger partial charge in [-0.1, -0.05) is 50.1 Å². The number of anilines is 2. The van der Waals surface area contributed by atoms with E-state index in [1.54, 1.807) is 24.3 Å². The molecule has 0 aliphatic carbocycles. The first-order valence-corrected chi connectivity index (χ1v) is 16.0. The molecule has 1 aliphatic heterocycles. The Labute approximate surface area is 231 Å². The van der Waals surface area contributed by atoms with E-state index in [2.05, 4.69) is 5.32 Å². The summed E-state index contributed by atoms with van der Waals surface area (Å²) >= 11 is 0. The molecule has 0 bridgehead atoms. The van der Waals surface area contributed by atoms with Crippen molar-refractivity contribution >= 4 is 37.3 Å². The molecule has 1 saturated heterocycles. The molecule has 1 fully saturated rings. The zero-order chi connectivity index (χ0) is 28.2. The van der Waals surface area contributed by atoms with Crippen LogP contribution < -0.4 is 9.62 Å². The first-order chi connectivity index (χ1) is 18.5. The van der Waals surface area contributed by atoms with Crippen LogP contribution in [0.2, 0.25) is 0 Å². The van der Waals surface area contributed by atoms with E-state index in [9.17, 15) is 21.6 Å². The second-order valence-corrected chi connectivity index (χ2v) is 13.9. The van der Waals surface area contributed by atoms with Crippen molar-refractivity contribution in [1.29, 1.82) is 0 Å². The molecule has 3 aromatic carbocycles. The average molecular weight is 570 g/mol. The fraction of sp³-hybridized carbons (Fsp3) is 0.345. The third-order valence-electron chi connectivity index (χ3n) is 6.83. The van der Waals surface area contributed by atoms with Gasteiger partial charge in [0.15, 0.2) is 0 Å². The third-order valence-corrected chi connectivity index (χ3v) is 10.5. The number of nitrogens with one attached hydrogen (secondary N) is 1. The lowest BCUT2D eigenvalue weighted by Crippen LogP contribution is -2.38. The number of carbonyl (C=O) groups is 1. The van der Waals surface area contributed by atoms with Crippen molar-refractivity contribution < 1.29 is 21.6 Å². The van der Waals surface area contributed by atoms with Gasteiger partial charge in [0.05, 0.1) is 15.5 Å². The Kier molecular flexibility index (Phi) is 8.78. The normalized spacial score (nSPS) is 14.8. The van der Waals surface area contributed by atoms with Gasteiger partial charge in [-0.05, 0) is 79.8 Å². The van der Waals surface area contributed by atoms with Crippen LogP contribution in [0.5, 0.6) is 0 Å². The number of piperidine rings is 1. The third kappa shape index (κ3) is 6.69. The van der Waals surface area contributed by atoms with Crippen LogP contribution in [-0.2, 0) is 24.8 Å². The molecule has 39 heavy (non-hydrogen) atoms. The summed E-state index contributed by atoms with van der Waals surface area (Å²) in [4.78, 5) is 13.3. The first kappa shape index (κ1) is 28.8. The second kappa shape index (κ2) is 11.9. The Bertz CT molecular complexity index is 1490. The highest BCUT2D eigenvalue weighted by molar-refractivity contribution is 7.92. The predicted molar refractivity (Wildman–Crippen MR) is 154 cm³/mol. The molecule has 8 nitrogen and oxygen atoms in total. The van der Waals surface area contributed by atoms with Crippen molar-refractivity contribution in [3.8, 4) is 0 Å². The van der Waals surface area contributed by atoms with Gasteiger partial charge in [0.1, 0.15) is 6.54 Å². The molecule has 1 N–H and O–H groups in total. The number of hydrogen-bond acceptors (Lipinski definition) is 5. The van der Waals surface area contributed by atoms with Crippen LogP contribution in [0.25, 0.3) is 0 Å². The van der Waals surface area contributed by atoms with Gasteiger partial charge in [0, 0.05) is 18.8 Å². The summed E-state index contributed by atoms with van der Waals surface area (Å²) in [6, 6.07) is 19.6. The van der Waals surface area contributed by atoms with Gasteiger partial charge < -0.3 is 5.32 Å². The minimum Gasteiger partial charge on any atom is -0.325 e. The van der Waals surface area contributed by atoms with Crippen molar-refractivity contribution in [3.05, 3.63) is 83.9 Å². The smallest absolute Gasteiger partial charge is 0.264 e. The molecule has 0 aromatic heterocycles. The SMILES string of the molecule is Cc1ccc(S(=O)(=O)N(CC(=O)Nc2ccc(S(=O)(=O)N3CCCCC3)cc2)c2ccc(C(C)C)cc2)cc1. The molecular formula is C29H35N3O5S2. The highest BCUT2D eigenvalue weighted by Gasteiger charge is 2.28. The molecular weight excluding hydrogens is 534 g/mol. The molecule has 1 heterocycles. The Hall–Kier alpha value is -3.21. The van der Waals surface area contributed by atoms with Crippen molar-refractivity contribution in [2.75, 3.05) is 29.3 Å². The zero-order valence-electron chi connectivity index (χ0n) is 22.5. The van der Waals surface area contributed by atoms with Gasteiger partial charge in [-0.2, -0.15) is 4.31 Å². The maximum absolute atomic E-state index is 13.6. The summed E-state index contributed by atoms with van der Waals surface area (Å²) in [7, 11) is -7.63. The number of sulfonamides is 2. The summed E-state index contributed by atoms with van der Waals surface area (Å²) in [5, 5.41) is 2.71. The van der Waals surface area contributed by atoms with Crippen LogP contribution in [0, 0.1) is 6.92 Å². The van der Waals surface area contributed by atoms with Gasteiger partial charge in [-0.3, -0.25) is 9.10 Å². The molecule has 0 saturated carbocycles. The van der Waals surface area contributed by atoms with Crippen LogP contribution in [-0.4, -0.2) is 46.7 Å². The largest absolute Gasteiger partial charge is 0.325 e. The van der Waals surface area contributed by atoms with Gasteiger partial charge >= 0.3 is 0 Å². The number of hydrogen-bond donors (Lipinski definition) is 1. The van der Waals surface area contributed by atoms with Gasteiger partial charge in [-0.25, -0.2) is 16.8 Å². The minimum atomic E-state index is -4.04. The van der Waals surface area contributed by atoms with Crippen LogP contribution in [0.1, 0.15) is 50.2 Å². The highest BCUT2D eigenvalue weighted by atomic mass is 32.2. The summed E-state index contributed by atoms with van der Waals surface area (Å²) < 4.78 is 55.7. The summed E-state index contributed by atoms with van der Waals surface area (Å²) in [5.74, 6) is -0.281. The lowest BCUT2D eigenvalue weighted by atomic mass is 10.0. The molecule has 0 spiro atoms. The maximum atomic E-state index is 13.6. The minimum absolute atomic E-state index is 0.0844. The second-order valence-electron chi connectivity index (χ2n) is 10.1. The predicted octanol–water partition coefficient (Wildman–Crippen LogP) is 5.13. The number of benzene rings is 3. The molecule has 10 heteroatoms. The molecule has 0 atom stereocenters. The van der Waals surface area contributed by atoms with Crippen molar-refractivity contribution in [1.82, 2.24) is 4.31 Å². The molecule has 0 unspecified atom stereocenters. The highest BCUT2D eigenvalue weighted by Crippen LogP contribution is 2.27. The number of carbonyl (C=O) groups excluding carboxylic acids is 1. The Morgan fingerprint density at radius 1 is 0.821 bits per heavy atom. The van der Waals surface area contributed by atoms with E-state index in [1.165, 1.54) is 40.7 Å². The average Bonchev–Trinajstić information content (AvgIpc) is 2.93. The van der Waals surface area contributed by atoms with E-state index < -0.39 is 32.5 Å². The van der Waals surface area contributed by atoms with Crippen LogP contribution in [0.15, 0.2) is 82.6 Å². The van der Waals surface area contributed by atoms with E-state index in [-0.39, 0.29) is 15.7 Å². The van der Waals surface area contributed by atoms with Gasteiger partial charge in [0.2, 0.25) is 15.9 Å². The maximum Gasteiger partial charge on any atom is 0.264 e. The van der Waals surface area contributed by atoms with Crippen molar-refractivity contribution in [2.45, 2.75) is 55.7 Å². The standard InChI is InChI=1S/C29H35N3O5S2/c1-22(2)24-9-13-26(14-10-24)32(39(36,37)28-15-7-23(3)8-16-28)21-29(33)30-25-11-17-27(18-12-25)38(34,35)31-19-5-4-6-20-31/h7-18,22H,4-6,19-21H2,1-3H3,(H,30,33). The number of amides is 1.